The van der Waals surface area contributed by atoms with Crippen molar-refractivity contribution in [1.29, 1.82) is 0 Å². The summed E-state index contributed by atoms with van der Waals surface area (Å²) >= 11 is 0. The molecule has 7 nitrogen and oxygen atoms in total. The largest absolute Gasteiger partial charge is 0.508 e. The SMILES string of the molecule is O=C(NCCc1ccc(O)cc1)c1cccc(Nc2ccc(N3CCOCC3)cc2)n1. The first kappa shape index (κ1) is 20.7. The molecule has 0 radical (unpaired) electrons. The molecule has 1 aliphatic rings. The van der Waals surface area contributed by atoms with Gasteiger partial charge >= 0.3 is 0 Å². The van der Waals surface area contributed by atoms with Crippen molar-refractivity contribution in [2.45, 2.75) is 6.42 Å². The van der Waals surface area contributed by atoms with Crippen molar-refractivity contribution >= 4 is 23.1 Å². The van der Waals surface area contributed by atoms with E-state index in [9.17, 15) is 9.90 Å². The van der Waals surface area contributed by atoms with Crippen LogP contribution in [0.5, 0.6) is 5.75 Å². The average molecular weight is 418 g/mol. The number of rotatable bonds is 7. The minimum atomic E-state index is -0.218. The molecule has 0 unspecified atom stereocenters. The minimum Gasteiger partial charge on any atom is -0.508 e. The quantitative estimate of drug-likeness (QED) is 0.546. The number of carbonyl (C=O) groups is 1. The molecule has 7 heteroatoms. The lowest BCUT2D eigenvalue weighted by molar-refractivity contribution is 0.0949. The first-order valence-electron chi connectivity index (χ1n) is 10.4. The van der Waals surface area contributed by atoms with E-state index in [0.29, 0.717) is 24.5 Å². The summed E-state index contributed by atoms with van der Waals surface area (Å²) in [6.07, 6.45) is 0.680. The molecule has 31 heavy (non-hydrogen) atoms. The highest BCUT2D eigenvalue weighted by Crippen LogP contribution is 2.21. The van der Waals surface area contributed by atoms with E-state index in [-0.39, 0.29) is 11.7 Å². The fourth-order valence-corrected chi connectivity index (χ4v) is 3.43. The molecular formula is C24H26N4O3. The van der Waals surface area contributed by atoms with Crippen molar-refractivity contribution < 1.29 is 14.6 Å². The number of benzene rings is 2. The molecule has 1 saturated heterocycles. The molecule has 2 heterocycles. The van der Waals surface area contributed by atoms with Gasteiger partial charge in [-0.2, -0.15) is 0 Å². The van der Waals surface area contributed by atoms with Crippen molar-refractivity contribution in [2.75, 3.05) is 43.1 Å². The molecule has 4 rings (SSSR count). The normalized spacial score (nSPS) is 13.6. The van der Waals surface area contributed by atoms with Crippen LogP contribution in [-0.2, 0) is 11.2 Å². The molecule has 160 valence electrons. The van der Waals surface area contributed by atoms with Gasteiger partial charge in [-0.25, -0.2) is 4.98 Å². The average Bonchev–Trinajstić information content (AvgIpc) is 2.81. The van der Waals surface area contributed by atoms with Crippen molar-refractivity contribution in [3.8, 4) is 5.75 Å². The van der Waals surface area contributed by atoms with Gasteiger partial charge in [-0.15, -0.1) is 0 Å². The Morgan fingerprint density at radius 3 is 2.48 bits per heavy atom. The number of phenols is 1. The topological polar surface area (TPSA) is 86.7 Å². The Hall–Kier alpha value is -3.58. The lowest BCUT2D eigenvalue weighted by Crippen LogP contribution is -2.36. The molecule has 0 saturated carbocycles. The number of hydrogen-bond acceptors (Lipinski definition) is 6. The number of phenolic OH excluding ortho intramolecular Hbond substituents is 1. The van der Waals surface area contributed by atoms with E-state index >= 15 is 0 Å². The van der Waals surface area contributed by atoms with Gasteiger partial charge in [0.15, 0.2) is 0 Å². The van der Waals surface area contributed by atoms with E-state index in [4.69, 9.17) is 4.74 Å². The van der Waals surface area contributed by atoms with Crippen LogP contribution in [0.4, 0.5) is 17.2 Å². The molecule has 1 aromatic heterocycles. The molecular weight excluding hydrogens is 392 g/mol. The Labute approximate surface area is 181 Å². The van der Waals surface area contributed by atoms with Crippen LogP contribution in [0.15, 0.2) is 66.7 Å². The van der Waals surface area contributed by atoms with E-state index < -0.39 is 0 Å². The summed E-state index contributed by atoms with van der Waals surface area (Å²) in [5.74, 6) is 0.632. The van der Waals surface area contributed by atoms with Crippen LogP contribution in [-0.4, -0.2) is 48.8 Å². The number of aromatic hydroxyl groups is 1. The number of anilines is 3. The highest BCUT2D eigenvalue weighted by Gasteiger charge is 2.11. The van der Waals surface area contributed by atoms with E-state index in [2.05, 4.69) is 32.7 Å². The number of ether oxygens (including phenoxy) is 1. The van der Waals surface area contributed by atoms with E-state index in [0.717, 1.165) is 37.6 Å². The Bertz CT molecular complexity index is 1000. The Balaban J connectivity index is 1.32. The van der Waals surface area contributed by atoms with Crippen LogP contribution in [0, 0.1) is 0 Å². The van der Waals surface area contributed by atoms with Gasteiger partial charge in [-0.3, -0.25) is 4.79 Å². The first-order valence-corrected chi connectivity index (χ1v) is 10.4. The highest BCUT2D eigenvalue weighted by molar-refractivity contribution is 5.92. The third-order valence-electron chi connectivity index (χ3n) is 5.13. The van der Waals surface area contributed by atoms with Gasteiger partial charge in [-0.1, -0.05) is 18.2 Å². The van der Waals surface area contributed by atoms with Crippen molar-refractivity contribution in [3.05, 3.63) is 78.0 Å². The lowest BCUT2D eigenvalue weighted by Gasteiger charge is -2.28. The Morgan fingerprint density at radius 1 is 1.00 bits per heavy atom. The molecule has 3 N–H and O–H groups in total. The lowest BCUT2D eigenvalue weighted by atomic mass is 10.1. The van der Waals surface area contributed by atoms with Gasteiger partial charge in [0.1, 0.15) is 17.3 Å². The third-order valence-corrected chi connectivity index (χ3v) is 5.13. The molecule has 3 aromatic rings. The van der Waals surface area contributed by atoms with E-state index in [1.165, 1.54) is 5.69 Å². The van der Waals surface area contributed by atoms with Gasteiger partial charge in [0.05, 0.1) is 13.2 Å². The Kier molecular flexibility index (Phi) is 6.64. The van der Waals surface area contributed by atoms with Gasteiger partial charge < -0.3 is 25.4 Å². The minimum absolute atomic E-state index is 0.218. The summed E-state index contributed by atoms with van der Waals surface area (Å²) in [6.45, 7) is 3.81. The third kappa shape index (κ3) is 5.73. The van der Waals surface area contributed by atoms with Crippen molar-refractivity contribution in [1.82, 2.24) is 10.3 Å². The molecule has 0 bridgehead atoms. The second-order valence-corrected chi connectivity index (χ2v) is 7.35. The Morgan fingerprint density at radius 2 is 1.74 bits per heavy atom. The molecule has 1 aliphatic heterocycles. The summed E-state index contributed by atoms with van der Waals surface area (Å²) in [7, 11) is 0. The van der Waals surface area contributed by atoms with Crippen LogP contribution < -0.4 is 15.5 Å². The van der Waals surface area contributed by atoms with Crippen LogP contribution in [0.2, 0.25) is 0 Å². The summed E-state index contributed by atoms with van der Waals surface area (Å²) in [5.41, 5.74) is 3.49. The molecule has 2 aromatic carbocycles. The standard InChI is InChI=1S/C24H26N4O3/c29-21-10-4-18(5-11-21)12-13-25-24(30)22-2-1-3-23(27-22)26-19-6-8-20(9-7-19)28-14-16-31-17-15-28/h1-11,29H,12-17H2,(H,25,30)(H,26,27). The van der Waals surface area contributed by atoms with Gasteiger partial charge in [0, 0.05) is 31.0 Å². The monoisotopic (exact) mass is 418 g/mol. The zero-order valence-electron chi connectivity index (χ0n) is 17.3. The van der Waals surface area contributed by atoms with Gasteiger partial charge in [0.2, 0.25) is 0 Å². The van der Waals surface area contributed by atoms with Crippen LogP contribution in [0.3, 0.4) is 0 Å². The fraction of sp³-hybridized carbons (Fsp3) is 0.250. The summed E-state index contributed by atoms with van der Waals surface area (Å²) in [4.78, 5) is 19.2. The van der Waals surface area contributed by atoms with E-state index in [1.54, 1.807) is 18.2 Å². The maximum absolute atomic E-state index is 12.5. The van der Waals surface area contributed by atoms with Gasteiger partial charge in [0.25, 0.3) is 5.91 Å². The fourth-order valence-electron chi connectivity index (χ4n) is 3.43. The number of nitrogens with one attached hydrogen (secondary N) is 2. The van der Waals surface area contributed by atoms with Crippen molar-refractivity contribution in [2.24, 2.45) is 0 Å². The molecule has 1 amide bonds. The number of carbonyl (C=O) groups excluding carboxylic acids is 1. The van der Waals surface area contributed by atoms with Crippen LogP contribution in [0.25, 0.3) is 0 Å². The number of pyridine rings is 1. The molecule has 1 fully saturated rings. The maximum atomic E-state index is 12.5. The molecule has 0 spiro atoms. The number of hydrogen-bond donors (Lipinski definition) is 3. The van der Waals surface area contributed by atoms with Crippen LogP contribution in [0.1, 0.15) is 16.1 Å². The molecule has 0 atom stereocenters. The molecule has 0 aliphatic carbocycles. The van der Waals surface area contributed by atoms with Crippen LogP contribution >= 0.6 is 0 Å². The highest BCUT2D eigenvalue weighted by atomic mass is 16.5. The summed E-state index contributed by atoms with van der Waals surface area (Å²) < 4.78 is 5.40. The first-order chi connectivity index (χ1) is 15.2. The van der Waals surface area contributed by atoms with Gasteiger partial charge in [-0.05, 0) is 60.5 Å². The zero-order chi connectivity index (χ0) is 21.5. The number of morpholine rings is 1. The summed E-state index contributed by atoms with van der Waals surface area (Å²) in [5, 5.41) is 15.5. The second-order valence-electron chi connectivity index (χ2n) is 7.35. The predicted octanol–water partition coefficient (Wildman–Crippen LogP) is 3.34. The number of amides is 1. The number of aromatic nitrogens is 1. The maximum Gasteiger partial charge on any atom is 0.269 e. The smallest absolute Gasteiger partial charge is 0.269 e. The van der Waals surface area contributed by atoms with E-state index in [1.807, 2.05) is 36.4 Å². The van der Waals surface area contributed by atoms with Crippen molar-refractivity contribution in [3.63, 3.8) is 0 Å². The zero-order valence-corrected chi connectivity index (χ0v) is 17.3. The number of nitrogens with zero attached hydrogens (tertiary/aromatic N) is 2. The second kappa shape index (κ2) is 9.95. The summed E-state index contributed by atoms with van der Waals surface area (Å²) in [6, 6.07) is 20.5. The predicted molar refractivity (Wildman–Crippen MR) is 121 cm³/mol.